The lowest BCUT2D eigenvalue weighted by Crippen LogP contribution is -2.31. The topological polar surface area (TPSA) is 64.4 Å². The van der Waals surface area contributed by atoms with E-state index in [1.165, 1.54) is 4.90 Å². The van der Waals surface area contributed by atoms with Crippen molar-refractivity contribution in [3.63, 3.8) is 0 Å². The minimum atomic E-state index is -1.01. The zero-order valence-electron chi connectivity index (χ0n) is 16.5. The van der Waals surface area contributed by atoms with Crippen molar-refractivity contribution in [3.05, 3.63) is 83.7 Å². The summed E-state index contributed by atoms with van der Waals surface area (Å²) < 4.78 is 7.34. The molecule has 148 valence electrons. The summed E-state index contributed by atoms with van der Waals surface area (Å²) in [6.45, 7) is 0. The van der Waals surface area contributed by atoms with Gasteiger partial charge in [0.05, 0.1) is 11.4 Å². The third-order valence-corrected chi connectivity index (χ3v) is 4.93. The van der Waals surface area contributed by atoms with Crippen LogP contribution in [0.4, 0.5) is 0 Å². The molecule has 2 aromatic carbocycles. The first-order chi connectivity index (χ1) is 14.0. The maximum atomic E-state index is 13.2. The van der Waals surface area contributed by atoms with E-state index in [0.29, 0.717) is 17.2 Å². The first-order valence-electron chi connectivity index (χ1n) is 9.67. The zero-order valence-corrected chi connectivity index (χ0v) is 16.5. The second kappa shape index (κ2) is 7.91. The largest absolute Gasteiger partial charge is 0.443 e. The lowest BCUT2D eigenvalue weighted by Gasteiger charge is -2.21. The van der Waals surface area contributed by atoms with Crippen LogP contribution in [-0.4, -0.2) is 40.7 Å². The second-order valence-corrected chi connectivity index (χ2v) is 7.40. The third-order valence-electron chi connectivity index (χ3n) is 4.93. The van der Waals surface area contributed by atoms with Gasteiger partial charge in [-0.25, -0.2) is 9.48 Å². The molecule has 0 aliphatic heterocycles. The first-order valence-corrected chi connectivity index (χ1v) is 9.67. The summed E-state index contributed by atoms with van der Waals surface area (Å²) >= 11 is 0. The molecule has 0 N–H and O–H groups in total. The number of carbonyl (C=O) groups is 2. The standard InChI is InChI=1S/C23H23N3O3/c1-25(2)22(27)21(17-9-5-3-6-10-17)29-23(28)20-15-19(16-13-14-16)24-26(20)18-11-7-4-8-12-18/h3-12,15-16,21H,13-14H2,1-2H3/t21-/m1/s1. The molecule has 3 aromatic rings. The third kappa shape index (κ3) is 4.06. The molecule has 1 atom stereocenters. The quantitative estimate of drug-likeness (QED) is 0.603. The number of aromatic nitrogens is 2. The monoisotopic (exact) mass is 389 g/mol. The fourth-order valence-electron chi connectivity index (χ4n) is 3.18. The van der Waals surface area contributed by atoms with Gasteiger partial charge in [-0.3, -0.25) is 4.79 Å². The lowest BCUT2D eigenvalue weighted by molar-refractivity contribution is -0.138. The molecule has 6 heteroatoms. The predicted octanol–water partition coefficient (Wildman–Crippen LogP) is 3.74. The van der Waals surface area contributed by atoms with E-state index >= 15 is 0 Å². The molecule has 1 heterocycles. The Hall–Kier alpha value is -3.41. The van der Waals surface area contributed by atoms with E-state index in [1.54, 1.807) is 37.0 Å². The summed E-state index contributed by atoms with van der Waals surface area (Å²) in [6, 6.07) is 20.3. The van der Waals surface area contributed by atoms with E-state index in [2.05, 4.69) is 5.10 Å². The minimum absolute atomic E-state index is 0.294. The predicted molar refractivity (Wildman–Crippen MR) is 109 cm³/mol. The van der Waals surface area contributed by atoms with Gasteiger partial charge in [0.25, 0.3) is 5.91 Å². The molecule has 1 fully saturated rings. The highest BCUT2D eigenvalue weighted by Crippen LogP contribution is 2.40. The fraction of sp³-hybridized carbons (Fsp3) is 0.261. The van der Waals surface area contributed by atoms with Gasteiger partial charge in [-0.05, 0) is 31.0 Å². The number of carbonyl (C=O) groups excluding carboxylic acids is 2. The molecule has 1 saturated carbocycles. The number of benzene rings is 2. The number of amides is 1. The molecule has 1 aliphatic carbocycles. The van der Waals surface area contributed by atoms with Crippen LogP contribution in [0.3, 0.4) is 0 Å². The van der Waals surface area contributed by atoms with Gasteiger partial charge < -0.3 is 9.64 Å². The van der Waals surface area contributed by atoms with Crippen LogP contribution in [0.5, 0.6) is 0 Å². The molecule has 1 aliphatic rings. The van der Waals surface area contributed by atoms with Crippen LogP contribution in [0.15, 0.2) is 66.7 Å². The van der Waals surface area contributed by atoms with Gasteiger partial charge in [0.15, 0.2) is 5.69 Å². The van der Waals surface area contributed by atoms with Crippen molar-refractivity contribution < 1.29 is 14.3 Å². The van der Waals surface area contributed by atoms with Gasteiger partial charge in [-0.1, -0.05) is 48.5 Å². The highest BCUT2D eigenvalue weighted by Gasteiger charge is 2.32. The van der Waals surface area contributed by atoms with Gasteiger partial charge in [0, 0.05) is 25.6 Å². The van der Waals surface area contributed by atoms with Crippen molar-refractivity contribution in [1.82, 2.24) is 14.7 Å². The maximum absolute atomic E-state index is 13.2. The van der Waals surface area contributed by atoms with E-state index in [1.807, 2.05) is 48.5 Å². The molecule has 0 radical (unpaired) electrons. The van der Waals surface area contributed by atoms with Crippen molar-refractivity contribution in [3.8, 4) is 5.69 Å². The van der Waals surface area contributed by atoms with Crippen molar-refractivity contribution in [2.75, 3.05) is 14.1 Å². The maximum Gasteiger partial charge on any atom is 0.358 e. The van der Waals surface area contributed by atoms with Crippen molar-refractivity contribution in [2.45, 2.75) is 24.9 Å². The average molecular weight is 389 g/mol. The lowest BCUT2D eigenvalue weighted by atomic mass is 10.1. The molecule has 4 rings (SSSR count). The molecular weight excluding hydrogens is 366 g/mol. The van der Waals surface area contributed by atoms with E-state index in [0.717, 1.165) is 24.2 Å². The van der Waals surface area contributed by atoms with E-state index < -0.39 is 12.1 Å². The Kier molecular flexibility index (Phi) is 5.16. The van der Waals surface area contributed by atoms with Crippen LogP contribution in [0.1, 0.15) is 46.6 Å². The highest BCUT2D eigenvalue weighted by molar-refractivity contribution is 5.92. The summed E-state index contributed by atoms with van der Waals surface area (Å²) in [5.41, 5.74) is 2.62. The SMILES string of the molecule is CN(C)C(=O)[C@H](OC(=O)c1cc(C2CC2)nn1-c1ccccc1)c1ccccc1. The molecule has 0 spiro atoms. The van der Waals surface area contributed by atoms with Crippen LogP contribution in [0.25, 0.3) is 5.69 Å². The van der Waals surface area contributed by atoms with Crippen LogP contribution in [0.2, 0.25) is 0 Å². The van der Waals surface area contributed by atoms with Gasteiger partial charge in [-0.15, -0.1) is 0 Å². The number of rotatable bonds is 6. The molecule has 0 bridgehead atoms. The molecule has 6 nitrogen and oxygen atoms in total. The summed E-state index contributed by atoms with van der Waals surface area (Å²) in [7, 11) is 3.29. The molecule has 1 amide bonds. The summed E-state index contributed by atoms with van der Waals surface area (Å²) in [6.07, 6.45) is 1.14. The smallest absolute Gasteiger partial charge is 0.358 e. The van der Waals surface area contributed by atoms with Gasteiger partial charge in [0.2, 0.25) is 6.10 Å². The Balaban J connectivity index is 1.68. The number of hydrogen-bond acceptors (Lipinski definition) is 4. The van der Waals surface area contributed by atoms with Crippen LogP contribution < -0.4 is 0 Å². The number of likely N-dealkylation sites (N-methyl/N-ethyl adjacent to an activating group) is 1. The Morgan fingerprint density at radius 2 is 1.66 bits per heavy atom. The van der Waals surface area contributed by atoms with E-state index in [4.69, 9.17) is 4.74 Å². The number of nitrogens with zero attached hydrogens (tertiary/aromatic N) is 3. The van der Waals surface area contributed by atoms with Crippen LogP contribution in [-0.2, 0) is 9.53 Å². The molecule has 1 aromatic heterocycles. The molecular formula is C23H23N3O3. The number of para-hydroxylation sites is 1. The van der Waals surface area contributed by atoms with E-state index in [9.17, 15) is 9.59 Å². The Labute approximate surface area is 169 Å². The van der Waals surface area contributed by atoms with Gasteiger partial charge in [-0.2, -0.15) is 5.10 Å². The summed E-state index contributed by atoms with van der Waals surface area (Å²) in [4.78, 5) is 27.3. The molecule has 0 saturated heterocycles. The Morgan fingerprint density at radius 3 is 2.24 bits per heavy atom. The van der Waals surface area contributed by atoms with Crippen LogP contribution in [0, 0.1) is 0 Å². The summed E-state index contributed by atoms with van der Waals surface area (Å²) in [5, 5.41) is 4.64. The minimum Gasteiger partial charge on any atom is -0.443 e. The van der Waals surface area contributed by atoms with Crippen molar-refractivity contribution >= 4 is 11.9 Å². The number of ether oxygens (including phenoxy) is 1. The summed E-state index contributed by atoms with van der Waals surface area (Å²) in [5.74, 6) is -0.477. The highest BCUT2D eigenvalue weighted by atomic mass is 16.5. The average Bonchev–Trinajstić information content (AvgIpc) is 3.50. The van der Waals surface area contributed by atoms with Gasteiger partial charge in [0.1, 0.15) is 0 Å². The van der Waals surface area contributed by atoms with Gasteiger partial charge >= 0.3 is 5.97 Å². The molecule has 0 unspecified atom stereocenters. The number of esters is 1. The Bertz CT molecular complexity index is 1010. The molecule has 29 heavy (non-hydrogen) atoms. The van der Waals surface area contributed by atoms with Crippen LogP contribution >= 0.6 is 0 Å². The first kappa shape index (κ1) is 18.9. The fourth-order valence-corrected chi connectivity index (χ4v) is 3.18. The van der Waals surface area contributed by atoms with E-state index in [-0.39, 0.29) is 5.91 Å². The van der Waals surface area contributed by atoms with Crippen molar-refractivity contribution in [1.29, 1.82) is 0 Å². The normalized spacial score (nSPS) is 14.3. The Morgan fingerprint density at radius 1 is 1.03 bits per heavy atom. The zero-order chi connectivity index (χ0) is 20.4. The van der Waals surface area contributed by atoms with Crippen molar-refractivity contribution in [2.24, 2.45) is 0 Å². The number of hydrogen-bond donors (Lipinski definition) is 0. The second-order valence-electron chi connectivity index (χ2n) is 7.40.